The summed E-state index contributed by atoms with van der Waals surface area (Å²) in [4.78, 5) is 14.6. The first-order valence-corrected chi connectivity index (χ1v) is 9.01. The number of nitrogens with zero attached hydrogens (tertiary/aromatic N) is 2. The van der Waals surface area contributed by atoms with Gasteiger partial charge in [-0.1, -0.05) is 26.0 Å². The van der Waals surface area contributed by atoms with Crippen LogP contribution in [-0.2, 0) is 7.05 Å². The molecule has 2 heterocycles. The van der Waals surface area contributed by atoms with E-state index < -0.39 is 0 Å². The predicted molar refractivity (Wildman–Crippen MR) is 96.9 cm³/mol. The first kappa shape index (κ1) is 16.0. The number of benzene rings is 1. The highest BCUT2D eigenvalue weighted by Gasteiger charge is 2.32. The minimum atomic E-state index is -0.0292. The number of aromatic nitrogens is 1. The van der Waals surface area contributed by atoms with Crippen molar-refractivity contribution in [3.05, 3.63) is 53.9 Å². The number of thioether (sulfide) groups is 1. The van der Waals surface area contributed by atoms with Gasteiger partial charge < -0.3 is 14.8 Å². The van der Waals surface area contributed by atoms with Crippen LogP contribution in [0.15, 0.2) is 42.6 Å². The van der Waals surface area contributed by atoms with Gasteiger partial charge in [0.15, 0.2) is 0 Å². The average molecular weight is 329 g/mol. The van der Waals surface area contributed by atoms with E-state index in [2.05, 4.69) is 41.9 Å². The first-order chi connectivity index (χ1) is 11.1. The van der Waals surface area contributed by atoms with E-state index in [1.54, 1.807) is 0 Å². The molecular formula is C18H23N3OS. The first-order valence-electron chi connectivity index (χ1n) is 7.96. The number of hydrogen-bond donors (Lipinski definition) is 1. The Bertz CT molecular complexity index is 678. The Morgan fingerprint density at radius 1 is 1.26 bits per heavy atom. The number of carbonyl (C=O) groups excluding carboxylic acids is 1. The summed E-state index contributed by atoms with van der Waals surface area (Å²) in [7, 11) is 2.02. The fourth-order valence-corrected chi connectivity index (χ4v) is 4.12. The van der Waals surface area contributed by atoms with Crippen molar-refractivity contribution >= 4 is 23.5 Å². The molecule has 0 spiro atoms. The van der Waals surface area contributed by atoms with Crippen LogP contribution in [0, 0.1) is 0 Å². The molecule has 1 aliphatic heterocycles. The molecular weight excluding hydrogens is 306 g/mol. The van der Waals surface area contributed by atoms with Crippen LogP contribution in [-0.4, -0.2) is 27.8 Å². The van der Waals surface area contributed by atoms with Crippen molar-refractivity contribution in [3.8, 4) is 0 Å². The maximum Gasteiger partial charge on any atom is 0.323 e. The van der Waals surface area contributed by atoms with Gasteiger partial charge in [0.1, 0.15) is 5.37 Å². The molecule has 1 aliphatic rings. The summed E-state index contributed by atoms with van der Waals surface area (Å²) in [5.74, 6) is 1.46. The molecule has 0 bridgehead atoms. The molecule has 1 aromatic carbocycles. The molecule has 0 radical (unpaired) electrons. The summed E-state index contributed by atoms with van der Waals surface area (Å²) < 4.78 is 2.08. The quantitative estimate of drug-likeness (QED) is 0.904. The van der Waals surface area contributed by atoms with Crippen LogP contribution >= 0.6 is 11.8 Å². The van der Waals surface area contributed by atoms with E-state index in [1.807, 2.05) is 48.1 Å². The number of nitrogens with one attached hydrogen (secondary N) is 1. The van der Waals surface area contributed by atoms with Crippen LogP contribution in [0.5, 0.6) is 0 Å². The molecule has 0 aliphatic carbocycles. The largest absolute Gasteiger partial charge is 0.352 e. The second-order valence-electron chi connectivity index (χ2n) is 6.17. The van der Waals surface area contributed by atoms with E-state index in [0.717, 1.165) is 23.7 Å². The van der Waals surface area contributed by atoms with Gasteiger partial charge in [0.05, 0.1) is 5.69 Å². The Hall–Kier alpha value is -1.88. The molecule has 2 amide bonds. The van der Waals surface area contributed by atoms with E-state index in [1.165, 1.54) is 5.56 Å². The maximum atomic E-state index is 12.6. The monoisotopic (exact) mass is 329 g/mol. The van der Waals surface area contributed by atoms with Crippen molar-refractivity contribution < 1.29 is 4.79 Å². The molecule has 1 saturated heterocycles. The van der Waals surface area contributed by atoms with E-state index >= 15 is 0 Å². The standard InChI is InChI=1S/C18H23N3OS/c1-13(2)14-6-8-15(9-7-14)19-18(22)21-11-12-23-17(21)16-5-4-10-20(16)3/h4-10,13,17H,11-12H2,1-3H3,(H,19,22)/t17-/m1/s1. The van der Waals surface area contributed by atoms with Crippen molar-refractivity contribution in [3.63, 3.8) is 0 Å². The number of hydrogen-bond acceptors (Lipinski definition) is 2. The third-order valence-corrected chi connectivity index (χ3v) is 5.45. The van der Waals surface area contributed by atoms with Gasteiger partial charge in [0.2, 0.25) is 0 Å². The van der Waals surface area contributed by atoms with E-state index in [9.17, 15) is 4.79 Å². The predicted octanol–water partition coefficient (Wildman–Crippen LogP) is 4.43. The summed E-state index contributed by atoms with van der Waals surface area (Å²) >= 11 is 1.81. The van der Waals surface area contributed by atoms with E-state index in [4.69, 9.17) is 0 Å². The fourth-order valence-electron chi connectivity index (χ4n) is 2.80. The molecule has 122 valence electrons. The van der Waals surface area contributed by atoms with Crippen molar-refractivity contribution in [1.29, 1.82) is 0 Å². The molecule has 1 N–H and O–H groups in total. The zero-order valence-corrected chi connectivity index (χ0v) is 14.6. The maximum absolute atomic E-state index is 12.6. The Kier molecular flexibility index (Phi) is 4.66. The Morgan fingerprint density at radius 3 is 2.61 bits per heavy atom. The molecule has 1 fully saturated rings. The average Bonchev–Trinajstić information content (AvgIpc) is 3.15. The highest BCUT2D eigenvalue weighted by molar-refractivity contribution is 7.99. The lowest BCUT2D eigenvalue weighted by atomic mass is 10.0. The van der Waals surface area contributed by atoms with Gasteiger partial charge in [-0.05, 0) is 35.7 Å². The molecule has 1 atom stereocenters. The zero-order valence-electron chi connectivity index (χ0n) is 13.8. The van der Waals surface area contributed by atoms with Crippen LogP contribution in [0.3, 0.4) is 0 Å². The van der Waals surface area contributed by atoms with Crippen LogP contribution in [0.1, 0.15) is 36.4 Å². The Balaban J connectivity index is 1.71. The van der Waals surface area contributed by atoms with Crippen LogP contribution in [0.4, 0.5) is 10.5 Å². The summed E-state index contributed by atoms with van der Waals surface area (Å²) in [5, 5.41) is 3.11. The van der Waals surface area contributed by atoms with E-state index in [-0.39, 0.29) is 11.4 Å². The Labute approximate surface area is 141 Å². The number of aryl methyl sites for hydroxylation is 1. The SMILES string of the molecule is CC(C)c1ccc(NC(=O)N2CCS[C@@H]2c2cccn2C)cc1. The number of rotatable bonds is 3. The smallest absolute Gasteiger partial charge is 0.323 e. The molecule has 0 saturated carbocycles. The van der Waals surface area contributed by atoms with Gasteiger partial charge in [-0.2, -0.15) is 0 Å². The van der Waals surface area contributed by atoms with Gasteiger partial charge in [0.25, 0.3) is 0 Å². The second-order valence-corrected chi connectivity index (χ2v) is 7.36. The van der Waals surface area contributed by atoms with Crippen molar-refractivity contribution in [2.24, 2.45) is 7.05 Å². The number of amides is 2. The zero-order chi connectivity index (χ0) is 16.4. The van der Waals surface area contributed by atoms with E-state index in [0.29, 0.717) is 5.92 Å². The van der Waals surface area contributed by atoms with Crippen LogP contribution in [0.25, 0.3) is 0 Å². The van der Waals surface area contributed by atoms with Gasteiger partial charge in [-0.25, -0.2) is 4.79 Å². The van der Waals surface area contributed by atoms with Gasteiger partial charge in [0, 0.05) is 31.2 Å². The third kappa shape index (κ3) is 3.39. The summed E-state index contributed by atoms with van der Waals surface area (Å²) in [6, 6.07) is 12.2. The summed E-state index contributed by atoms with van der Waals surface area (Å²) in [6.07, 6.45) is 2.02. The number of anilines is 1. The summed E-state index contributed by atoms with van der Waals surface area (Å²) in [6.45, 7) is 5.11. The van der Waals surface area contributed by atoms with Gasteiger partial charge >= 0.3 is 6.03 Å². The third-order valence-electron chi connectivity index (χ3n) is 4.22. The van der Waals surface area contributed by atoms with Crippen molar-refractivity contribution in [2.75, 3.05) is 17.6 Å². The molecule has 5 heteroatoms. The lowest BCUT2D eigenvalue weighted by Crippen LogP contribution is -2.34. The minimum Gasteiger partial charge on any atom is -0.352 e. The second kappa shape index (κ2) is 6.71. The number of urea groups is 1. The normalized spacial score (nSPS) is 17.7. The molecule has 0 unspecified atom stereocenters. The fraction of sp³-hybridized carbons (Fsp3) is 0.389. The van der Waals surface area contributed by atoms with Crippen LogP contribution < -0.4 is 5.32 Å². The number of carbonyl (C=O) groups is 1. The molecule has 23 heavy (non-hydrogen) atoms. The highest BCUT2D eigenvalue weighted by atomic mass is 32.2. The van der Waals surface area contributed by atoms with Gasteiger partial charge in [-0.15, -0.1) is 11.8 Å². The minimum absolute atomic E-state index is 0.0292. The summed E-state index contributed by atoms with van der Waals surface area (Å²) in [5.41, 5.74) is 3.29. The van der Waals surface area contributed by atoms with Crippen LogP contribution in [0.2, 0.25) is 0 Å². The Morgan fingerprint density at radius 2 is 2.00 bits per heavy atom. The molecule has 4 nitrogen and oxygen atoms in total. The topological polar surface area (TPSA) is 37.3 Å². The van der Waals surface area contributed by atoms with Crippen molar-refractivity contribution in [1.82, 2.24) is 9.47 Å². The lowest BCUT2D eigenvalue weighted by Gasteiger charge is -2.24. The van der Waals surface area contributed by atoms with Gasteiger partial charge in [-0.3, -0.25) is 0 Å². The molecule has 2 aromatic rings. The van der Waals surface area contributed by atoms with Crippen molar-refractivity contribution in [2.45, 2.75) is 25.1 Å². The molecule has 3 rings (SSSR count). The highest BCUT2D eigenvalue weighted by Crippen LogP contribution is 2.38. The molecule has 1 aromatic heterocycles. The lowest BCUT2D eigenvalue weighted by molar-refractivity contribution is 0.213.